The maximum absolute atomic E-state index is 5.51. The average Bonchev–Trinajstić information content (AvgIpc) is 3.21. The van der Waals surface area contributed by atoms with Gasteiger partial charge >= 0.3 is 0 Å². The first-order valence-corrected chi connectivity index (χ1v) is 12.1. The molecule has 0 saturated carbocycles. The predicted octanol–water partition coefficient (Wildman–Crippen LogP) is 4.73. The fourth-order valence-electron chi connectivity index (χ4n) is 1.46. The van der Waals surface area contributed by atoms with E-state index in [0.717, 1.165) is 0 Å². The lowest BCUT2D eigenvalue weighted by Crippen LogP contribution is -2.21. The standard InChI is InChI=1S/C7H15NO4P2.C3H9N.C2H4ClO2P.CH4/c1-7(2)8(13-9-3-4-10-13)14-11-5-6-12-14;1-3(2)4;3-6-4-1-2-5-6;/h7H,3-6H2,1-2H3;3H,4H2,1-2H3;1-2H2;1H4. The van der Waals surface area contributed by atoms with E-state index in [9.17, 15) is 0 Å². The summed E-state index contributed by atoms with van der Waals surface area (Å²) >= 11 is 5.33. The molecule has 3 saturated heterocycles. The van der Waals surface area contributed by atoms with Crippen LogP contribution in [-0.2, 0) is 27.1 Å². The molecule has 152 valence electrons. The largest absolute Gasteiger partial charge is 0.328 e. The lowest BCUT2D eigenvalue weighted by Gasteiger charge is -2.30. The van der Waals surface area contributed by atoms with Gasteiger partial charge < -0.3 is 32.9 Å². The topological polar surface area (TPSA) is 84.6 Å². The average molecular weight is 441 g/mol. The Bertz CT molecular complexity index is 299. The molecule has 0 aliphatic carbocycles. The highest BCUT2D eigenvalue weighted by atomic mass is 35.7. The van der Waals surface area contributed by atoms with Gasteiger partial charge in [0.05, 0.1) is 39.6 Å². The molecule has 3 heterocycles. The molecule has 0 spiro atoms. The van der Waals surface area contributed by atoms with Crippen molar-refractivity contribution in [3.63, 3.8) is 0 Å². The Hall–Kier alpha value is 1.26. The first-order valence-electron chi connectivity index (χ1n) is 7.80. The van der Waals surface area contributed by atoms with Crippen LogP contribution in [0.4, 0.5) is 0 Å². The van der Waals surface area contributed by atoms with Crippen LogP contribution in [0.2, 0.25) is 0 Å². The van der Waals surface area contributed by atoms with Crippen molar-refractivity contribution in [2.45, 2.75) is 47.2 Å². The molecule has 0 bridgehead atoms. The van der Waals surface area contributed by atoms with Crippen LogP contribution in [0.5, 0.6) is 0 Å². The number of hydrogen-bond acceptors (Lipinski definition) is 8. The second-order valence-electron chi connectivity index (χ2n) is 5.35. The van der Waals surface area contributed by atoms with E-state index in [2.05, 4.69) is 18.3 Å². The number of hydrogen-bond donors (Lipinski definition) is 1. The Balaban J connectivity index is 0.000000437. The maximum Gasteiger partial charge on any atom is 0.276 e. The van der Waals surface area contributed by atoms with Crippen LogP contribution in [0.25, 0.3) is 0 Å². The van der Waals surface area contributed by atoms with Gasteiger partial charge in [-0.3, -0.25) is 0 Å². The highest BCUT2D eigenvalue weighted by Crippen LogP contribution is 2.62. The first-order chi connectivity index (χ1) is 11.4. The third-order valence-corrected chi connectivity index (χ3v) is 7.68. The highest BCUT2D eigenvalue weighted by molar-refractivity contribution is 7.76. The van der Waals surface area contributed by atoms with Crippen molar-refractivity contribution in [1.29, 1.82) is 0 Å². The van der Waals surface area contributed by atoms with Gasteiger partial charge in [0.15, 0.2) is 0 Å². The summed E-state index contributed by atoms with van der Waals surface area (Å²) in [5.41, 5.74) is 5.11. The summed E-state index contributed by atoms with van der Waals surface area (Å²) in [5, 5.41) is 0. The van der Waals surface area contributed by atoms with Crippen LogP contribution in [0.3, 0.4) is 0 Å². The highest BCUT2D eigenvalue weighted by Gasteiger charge is 2.38. The van der Waals surface area contributed by atoms with Gasteiger partial charge in [-0.15, -0.1) is 0 Å². The van der Waals surface area contributed by atoms with E-state index in [-0.39, 0.29) is 7.43 Å². The molecule has 0 radical (unpaired) electrons. The molecule has 8 nitrogen and oxygen atoms in total. The van der Waals surface area contributed by atoms with Gasteiger partial charge in [0.25, 0.3) is 24.8 Å². The van der Waals surface area contributed by atoms with Gasteiger partial charge in [0.1, 0.15) is 0 Å². The maximum atomic E-state index is 5.51. The van der Waals surface area contributed by atoms with Gasteiger partial charge in [0.2, 0.25) is 0 Å². The van der Waals surface area contributed by atoms with Gasteiger partial charge in [-0.2, -0.15) is 4.44 Å². The number of halogens is 1. The molecular formula is C13H32ClN2O6P3. The number of nitrogens with two attached hydrogens (primary N) is 1. The number of nitrogens with zero attached hydrogens (tertiary/aromatic N) is 1. The summed E-state index contributed by atoms with van der Waals surface area (Å²) in [6, 6.07) is 0.656. The first kappa shape index (κ1) is 26.3. The molecule has 12 heteroatoms. The quantitative estimate of drug-likeness (QED) is 0.630. The van der Waals surface area contributed by atoms with Crippen LogP contribution < -0.4 is 5.73 Å². The van der Waals surface area contributed by atoms with Gasteiger partial charge in [-0.05, 0) is 31.1 Å². The van der Waals surface area contributed by atoms with Crippen molar-refractivity contribution in [3.8, 4) is 0 Å². The van der Waals surface area contributed by atoms with Gasteiger partial charge in [-0.25, -0.2) is 0 Å². The molecule has 0 atom stereocenters. The Labute approximate surface area is 160 Å². The van der Waals surface area contributed by atoms with Gasteiger partial charge in [0, 0.05) is 6.04 Å². The molecule has 0 amide bonds. The summed E-state index contributed by atoms with van der Waals surface area (Å²) in [4.78, 5) is 0. The van der Waals surface area contributed by atoms with Crippen LogP contribution in [0.15, 0.2) is 0 Å². The van der Waals surface area contributed by atoms with Crippen molar-refractivity contribution < 1.29 is 27.1 Å². The molecule has 3 aliphatic rings. The summed E-state index contributed by atoms with van der Waals surface area (Å²) in [7, 11) is -2.89. The minimum atomic E-state index is -0.993. The normalized spacial score (nSPS) is 22.0. The molecule has 3 fully saturated rings. The van der Waals surface area contributed by atoms with E-state index in [1.54, 1.807) is 0 Å². The Kier molecular flexibility index (Phi) is 16.0. The van der Waals surface area contributed by atoms with Crippen molar-refractivity contribution in [1.82, 2.24) is 4.44 Å². The summed E-state index contributed by atoms with van der Waals surface area (Å²) < 4.78 is 33.7. The van der Waals surface area contributed by atoms with Crippen molar-refractivity contribution in [3.05, 3.63) is 0 Å². The summed E-state index contributed by atoms with van der Waals surface area (Å²) in [6.07, 6.45) is 0. The Morgan fingerprint density at radius 3 is 1.24 bits per heavy atom. The van der Waals surface area contributed by atoms with Crippen molar-refractivity contribution in [2.24, 2.45) is 5.73 Å². The molecule has 3 rings (SSSR count). The molecule has 25 heavy (non-hydrogen) atoms. The zero-order chi connectivity index (χ0) is 17.9. The second kappa shape index (κ2) is 15.2. The summed E-state index contributed by atoms with van der Waals surface area (Å²) in [6.45, 7) is 12.1. The molecule has 0 aromatic carbocycles. The molecule has 0 aromatic heterocycles. The Morgan fingerprint density at radius 2 is 1.04 bits per heavy atom. The third kappa shape index (κ3) is 11.6. The minimum absolute atomic E-state index is 0. The lowest BCUT2D eigenvalue weighted by atomic mass is 10.4. The Morgan fingerprint density at radius 1 is 0.760 bits per heavy atom. The molecule has 2 N–H and O–H groups in total. The monoisotopic (exact) mass is 440 g/mol. The number of rotatable bonds is 3. The van der Waals surface area contributed by atoms with Crippen LogP contribution in [0, 0.1) is 0 Å². The van der Waals surface area contributed by atoms with E-state index in [1.807, 2.05) is 13.8 Å². The van der Waals surface area contributed by atoms with Crippen molar-refractivity contribution >= 4 is 36.0 Å². The van der Waals surface area contributed by atoms with Crippen LogP contribution in [0.1, 0.15) is 35.1 Å². The predicted molar refractivity (Wildman–Crippen MR) is 105 cm³/mol. The molecule has 0 aromatic rings. The van der Waals surface area contributed by atoms with E-state index in [1.165, 1.54) is 0 Å². The van der Waals surface area contributed by atoms with Crippen LogP contribution in [-0.4, -0.2) is 56.2 Å². The second-order valence-corrected chi connectivity index (χ2v) is 10.3. The smallest absolute Gasteiger partial charge is 0.276 e. The fraction of sp³-hybridized carbons (Fsp3) is 1.00. The van der Waals surface area contributed by atoms with E-state index >= 15 is 0 Å². The zero-order valence-electron chi connectivity index (χ0n) is 14.6. The molecule has 0 unspecified atom stereocenters. The SMILES string of the molecule is C.CC(C)N.CC(C)N(P1OCCO1)P1OCCO1.ClP1OCCO1. The van der Waals surface area contributed by atoms with E-state index < -0.39 is 24.8 Å². The fourth-order valence-corrected chi connectivity index (χ4v) is 5.79. The van der Waals surface area contributed by atoms with E-state index in [0.29, 0.717) is 51.7 Å². The van der Waals surface area contributed by atoms with Gasteiger partial charge in [-0.1, -0.05) is 21.3 Å². The third-order valence-electron chi connectivity index (χ3n) is 2.24. The minimum Gasteiger partial charge on any atom is -0.328 e. The van der Waals surface area contributed by atoms with Crippen molar-refractivity contribution in [2.75, 3.05) is 39.6 Å². The van der Waals surface area contributed by atoms with Crippen LogP contribution >= 0.6 is 36.0 Å². The lowest BCUT2D eigenvalue weighted by molar-refractivity contribution is 0.323. The zero-order valence-corrected chi connectivity index (χ0v) is 18.0. The van der Waals surface area contributed by atoms with E-state index in [4.69, 9.17) is 44.1 Å². The molecular weight excluding hydrogens is 409 g/mol. The molecule has 3 aliphatic heterocycles. The summed E-state index contributed by atoms with van der Waals surface area (Å²) in [5.74, 6) is 0.